The van der Waals surface area contributed by atoms with Crippen molar-refractivity contribution in [3.8, 4) is 0 Å². The van der Waals surface area contributed by atoms with Crippen molar-refractivity contribution in [3.63, 3.8) is 0 Å². The smallest absolute Gasteiger partial charge is 0.0148 e. The van der Waals surface area contributed by atoms with Gasteiger partial charge in [-0.05, 0) is 0 Å². The molecule has 0 aliphatic carbocycles. The van der Waals surface area contributed by atoms with Gasteiger partial charge in [-0.15, -0.1) is 0 Å². The van der Waals surface area contributed by atoms with E-state index in [1.807, 2.05) is 0 Å². The third-order valence-corrected chi connectivity index (χ3v) is 0. The molecule has 0 saturated carbocycles. The molecule has 0 unspecified atom stereocenters. The van der Waals surface area contributed by atoms with E-state index in [2.05, 4.69) is 0 Å². The summed E-state index contributed by atoms with van der Waals surface area (Å²) in [4.78, 5) is 0. The van der Waals surface area contributed by atoms with Gasteiger partial charge in [0.1, 0.15) is 0 Å². The van der Waals surface area contributed by atoms with Crippen LogP contribution in [0, 0.1) is 0 Å². The van der Waals surface area contributed by atoms with E-state index < -0.39 is 21.6 Å². The Bertz CT molecular complexity index is 74.6. The second kappa shape index (κ2) is 12.0. The van der Waals surface area contributed by atoms with Gasteiger partial charge in [0.05, 0.1) is 0 Å². The topological polar surface area (TPSA) is 34.1 Å². The van der Waals surface area contributed by atoms with Gasteiger partial charge in [0, 0.05) is 76.2 Å². The summed E-state index contributed by atoms with van der Waals surface area (Å²) in [6.07, 6.45) is 6.56. The Morgan fingerprint density at radius 2 is 0.778 bits per heavy atom. The van der Waals surface area contributed by atoms with Crippen molar-refractivity contribution in [1.82, 2.24) is 0 Å². The molecular weight excluding hydrogens is 167 g/mol. The van der Waals surface area contributed by atoms with Crippen molar-refractivity contribution in [2.75, 3.05) is 25.0 Å². The minimum Gasteiger partial charge on any atom is -0.260 e. The van der Waals surface area contributed by atoms with Crippen LogP contribution in [-0.2, 0) is 21.6 Å². The minimum atomic E-state index is -0.611. The van der Waals surface area contributed by atoms with Gasteiger partial charge in [-0.2, -0.15) is 0 Å². The third kappa shape index (κ3) is 293. The number of hydrogen-bond donors (Lipinski definition) is 0. The van der Waals surface area contributed by atoms with Gasteiger partial charge in [-0.1, -0.05) is 0 Å². The summed E-state index contributed by atoms with van der Waals surface area (Å²) >= 11 is 0. The van der Waals surface area contributed by atoms with Gasteiger partial charge in [-0.3, -0.25) is 8.42 Å². The molecule has 0 rings (SSSR count). The first-order valence-corrected chi connectivity index (χ1v) is 5.90. The molecule has 0 fully saturated rings. The van der Waals surface area contributed by atoms with Crippen LogP contribution in [-0.4, -0.2) is 63.0 Å². The van der Waals surface area contributed by atoms with E-state index in [0.29, 0.717) is 0 Å². The van der Waals surface area contributed by atoms with E-state index in [-0.39, 0.29) is 29.6 Å². The van der Waals surface area contributed by atoms with Gasteiger partial charge in [-0.25, -0.2) is 0 Å². The summed E-state index contributed by atoms with van der Waals surface area (Å²) in [7, 11) is -1.22. The van der Waals surface area contributed by atoms with Crippen LogP contribution in [0.2, 0.25) is 0 Å². The zero-order chi connectivity index (χ0) is 7.15. The molecule has 2 nitrogen and oxygen atoms in total. The first-order chi connectivity index (χ1) is 3.46. The summed E-state index contributed by atoms with van der Waals surface area (Å²) in [5.41, 5.74) is 0. The molecule has 0 atom stereocenters. The van der Waals surface area contributed by atoms with Crippen LogP contribution in [0.15, 0.2) is 0 Å². The van der Waals surface area contributed by atoms with E-state index in [4.69, 9.17) is 0 Å². The zero-order valence-electron chi connectivity index (χ0n) is 6.63. The van der Waals surface area contributed by atoms with Crippen molar-refractivity contribution in [2.24, 2.45) is 0 Å². The maximum absolute atomic E-state index is 9.56. The summed E-state index contributed by atoms with van der Waals surface area (Å²) < 4.78 is 19.1. The zero-order valence-corrected chi connectivity index (χ0v) is 10.3. The largest absolute Gasteiger partial charge is 0.260 e. The van der Waals surface area contributed by atoms with Gasteiger partial charge >= 0.3 is 0 Å². The second-order valence-electron chi connectivity index (χ2n) is 1.48. The molecule has 0 aliphatic heterocycles. The van der Waals surface area contributed by atoms with Crippen LogP contribution in [0.3, 0.4) is 0 Å². The maximum atomic E-state index is 9.56. The molecule has 0 heterocycles. The molecule has 0 N–H and O–H groups in total. The first-order valence-electron chi connectivity index (χ1n) is 1.97. The first kappa shape index (κ1) is 16.7. The molecule has 0 bridgehead atoms. The van der Waals surface area contributed by atoms with E-state index in [9.17, 15) is 8.42 Å². The van der Waals surface area contributed by atoms with Crippen LogP contribution >= 0.6 is 0 Å². The molecule has 5 heteroatoms. The third-order valence-electron chi connectivity index (χ3n) is 0. The standard InChI is InChI=1S/2C2H6OS.Na/c2*1-4(2)3;/h2*1-2H3;. The normalized spacial score (nSPS) is 7.78. The summed E-state index contributed by atoms with van der Waals surface area (Å²) in [6.45, 7) is 0. The average Bonchev–Trinajstić information content (AvgIpc) is 1.25. The Kier molecular flexibility index (Phi) is 22.3. The SMILES string of the molecule is CS(C)=O.CS(C)=O.[Na]. The van der Waals surface area contributed by atoms with Gasteiger partial charge in [0.25, 0.3) is 0 Å². The Morgan fingerprint density at radius 3 is 0.778 bits per heavy atom. The Hall–Kier alpha value is 1.30. The van der Waals surface area contributed by atoms with Crippen molar-refractivity contribution in [1.29, 1.82) is 0 Å². The predicted octanol–water partition coefficient (Wildman–Crippen LogP) is -0.391. The molecule has 0 aliphatic rings. The Labute approximate surface area is 84.0 Å². The number of rotatable bonds is 0. The predicted molar refractivity (Wildman–Crippen MR) is 45.7 cm³/mol. The van der Waals surface area contributed by atoms with E-state index in [1.54, 1.807) is 25.0 Å². The van der Waals surface area contributed by atoms with Gasteiger partial charge in [0.15, 0.2) is 0 Å². The molecule has 0 spiro atoms. The Morgan fingerprint density at radius 1 is 0.778 bits per heavy atom. The molecule has 0 amide bonds. The van der Waals surface area contributed by atoms with Crippen molar-refractivity contribution >= 4 is 51.2 Å². The molecular formula is C4H12NaO2S2. The van der Waals surface area contributed by atoms with E-state index in [0.717, 1.165) is 0 Å². The molecule has 0 aromatic carbocycles. The number of hydrogen-bond acceptors (Lipinski definition) is 2. The average molecular weight is 179 g/mol. The molecule has 9 heavy (non-hydrogen) atoms. The van der Waals surface area contributed by atoms with Crippen LogP contribution in [0.25, 0.3) is 0 Å². The van der Waals surface area contributed by atoms with Crippen LogP contribution in [0.5, 0.6) is 0 Å². The van der Waals surface area contributed by atoms with Crippen molar-refractivity contribution in [3.05, 3.63) is 0 Å². The fourth-order valence-electron chi connectivity index (χ4n) is 0. The molecule has 0 aromatic rings. The summed E-state index contributed by atoms with van der Waals surface area (Å²) in [5.74, 6) is 0. The summed E-state index contributed by atoms with van der Waals surface area (Å²) in [6, 6.07) is 0. The fraction of sp³-hybridized carbons (Fsp3) is 1.00. The monoisotopic (exact) mass is 179 g/mol. The fourth-order valence-corrected chi connectivity index (χ4v) is 0. The van der Waals surface area contributed by atoms with Crippen LogP contribution in [0.1, 0.15) is 0 Å². The van der Waals surface area contributed by atoms with Crippen LogP contribution < -0.4 is 0 Å². The van der Waals surface area contributed by atoms with Crippen molar-refractivity contribution in [2.45, 2.75) is 0 Å². The Balaban J connectivity index is -0.0000000720. The molecule has 0 aromatic heterocycles. The molecule has 0 saturated heterocycles. The summed E-state index contributed by atoms with van der Waals surface area (Å²) in [5, 5.41) is 0. The van der Waals surface area contributed by atoms with E-state index >= 15 is 0 Å². The van der Waals surface area contributed by atoms with Gasteiger partial charge in [0.2, 0.25) is 0 Å². The van der Waals surface area contributed by atoms with Crippen molar-refractivity contribution < 1.29 is 8.42 Å². The quantitative estimate of drug-likeness (QED) is 0.475. The molecule has 1 radical (unpaired) electrons. The maximum Gasteiger partial charge on any atom is 0.0148 e. The minimum absolute atomic E-state index is 0. The second-order valence-corrected chi connectivity index (χ2v) is 4.45. The van der Waals surface area contributed by atoms with Gasteiger partial charge < -0.3 is 0 Å². The molecule has 53 valence electrons. The van der Waals surface area contributed by atoms with E-state index in [1.165, 1.54) is 0 Å². The van der Waals surface area contributed by atoms with Crippen LogP contribution in [0.4, 0.5) is 0 Å².